The lowest BCUT2D eigenvalue weighted by molar-refractivity contribution is 0.411. The van der Waals surface area contributed by atoms with Crippen LogP contribution in [0.15, 0.2) is 36.4 Å². The molecule has 1 aliphatic rings. The standard InChI is InChI=1S/C29H43O2P/c1-21-15-17-26(24(19-21)28(3,4)5)30-32(9,23-13-11-10-12-14-23)31-27-18-16-22(2)20-25(27)29(6,7)8/h15-20,23H,9-14H2,1-8H3. The van der Waals surface area contributed by atoms with Crippen LogP contribution in [0.4, 0.5) is 0 Å². The van der Waals surface area contributed by atoms with Gasteiger partial charge in [-0.1, -0.05) is 96.2 Å². The maximum absolute atomic E-state index is 6.93. The lowest BCUT2D eigenvalue weighted by Crippen LogP contribution is -2.23. The van der Waals surface area contributed by atoms with Crippen molar-refractivity contribution in [2.45, 2.75) is 104 Å². The van der Waals surface area contributed by atoms with E-state index in [0.717, 1.165) is 24.3 Å². The normalized spacial score (nSPS) is 16.1. The van der Waals surface area contributed by atoms with Gasteiger partial charge in [-0.2, -0.15) is 0 Å². The van der Waals surface area contributed by atoms with Gasteiger partial charge in [-0.05, 0) is 56.0 Å². The molecule has 2 nitrogen and oxygen atoms in total. The Labute approximate surface area is 196 Å². The van der Waals surface area contributed by atoms with E-state index in [1.54, 1.807) is 0 Å². The van der Waals surface area contributed by atoms with Gasteiger partial charge in [0.1, 0.15) is 11.5 Å². The summed E-state index contributed by atoms with van der Waals surface area (Å²) in [5.74, 6) is 1.86. The Kier molecular flexibility index (Phi) is 7.26. The van der Waals surface area contributed by atoms with Crippen LogP contribution in [0.1, 0.15) is 95.9 Å². The van der Waals surface area contributed by atoms with Crippen molar-refractivity contribution in [3.05, 3.63) is 58.7 Å². The molecule has 3 heteroatoms. The lowest BCUT2D eigenvalue weighted by Gasteiger charge is -2.38. The fourth-order valence-electron chi connectivity index (χ4n) is 4.59. The molecule has 1 aliphatic carbocycles. The second kappa shape index (κ2) is 9.30. The molecule has 0 heterocycles. The zero-order chi connectivity index (χ0) is 23.7. The Balaban J connectivity index is 2.08. The fourth-order valence-corrected chi connectivity index (χ4v) is 7.07. The predicted octanol–water partition coefficient (Wildman–Crippen LogP) is 8.97. The van der Waals surface area contributed by atoms with Crippen molar-refractivity contribution in [2.24, 2.45) is 0 Å². The van der Waals surface area contributed by atoms with Gasteiger partial charge >= 0.3 is 0 Å². The number of hydrogen-bond donors (Lipinski definition) is 0. The number of benzene rings is 2. The highest BCUT2D eigenvalue weighted by Gasteiger charge is 2.35. The summed E-state index contributed by atoms with van der Waals surface area (Å²) in [6.45, 7) is 17.8. The first-order valence-corrected chi connectivity index (χ1v) is 14.0. The van der Waals surface area contributed by atoms with Crippen LogP contribution >= 0.6 is 7.34 Å². The molecule has 1 fully saturated rings. The molecule has 0 aliphatic heterocycles. The molecule has 0 radical (unpaired) electrons. The van der Waals surface area contributed by atoms with E-state index < -0.39 is 7.34 Å². The van der Waals surface area contributed by atoms with E-state index in [2.05, 4.69) is 91.8 Å². The second-order valence-electron chi connectivity index (χ2n) is 11.7. The molecule has 0 N–H and O–H groups in total. The molecule has 0 spiro atoms. The molecule has 0 unspecified atom stereocenters. The van der Waals surface area contributed by atoms with Crippen LogP contribution in [0.3, 0.4) is 0 Å². The second-order valence-corrected chi connectivity index (χ2v) is 14.2. The first-order valence-electron chi connectivity index (χ1n) is 12.1. The topological polar surface area (TPSA) is 18.5 Å². The van der Waals surface area contributed by atoms with Crippen LogP contribution in [-0.4, -0.2) is 12.0 Å². The Morgan fingerprint density at radius 2 is 1.12 bits per heavy atom. The Morgan fingerprint density at radius 3 is 1.50 bits per heavy atom. The van der Waals surface area contributed by atoms with Gasteiger partial charge in [0, 0.05) is 16.8 Å². The summed E-state index contributed by atoms with van der Waals surface area (Å²) >= 11 is 0. The van der Waals surface area contributed by atoms with E-state index in [0.29, 0.717) is 5.66 Å². The average Bonchev–Trinajstić information content (AvgIpc) is 2.70. The molecular weight excluding hydrogens is 411 g/mol. The highest BCUT2D eigenvalue weighted by atomic mass is 31.2. The van der Waals surface area contributed by atoms with Crippen molar-refractivity contribution in [3.8, 4) is 11.5 Å². The van der Waals surface area contributed by atoms with Gasteiger partial charge in [0.15, 0.2) is 0 Å². The summed E-state index contributed by atoms with van der Waals surface area (Å²) in [7, 11) is -2.46. The third-order valence-electron chi connectivity index (χ3n) is 6.52. The molecule has 0 amide bonds. The Morgan fingerprint density at radius 1 is 0.719 bits per heavy atom. The highest BCUT2D eigenvalue weighted by Crippen LogP contribution is 2.58. The zero-order valence-electron chi connectivity index (χ0n) is 21.5. The van der Waals surface area contributed by atoms with Gasteiger partial charge in [0.25, 0.3) is 0 Å². The molecule has 0 atom stereocenters. The van der Waals surface area contributed by atoms with E-state index in [9.17, 15) is 0 Å². The van der Waals surface area contributed by atoms with Gasteiger partial charge < -0.3 is 9.05 Å². The molecule has 176 valence electrons. The van der Waals surface area contributed by atoms with Crippen LogP contribution in [0.2, 0.25) is 0 Å². The quantitative estimate of drug-likeness (QED) is 0.420. The summed E-state index contributed by atoms with van der Waals surface area (Å²) < 4.78 is 13.9. The summed E-state index contributed by atoms with van der Waals surface area (Å²) in [5, 5.41) is 0. The molecule has 3 rings (SSSR count). The summed E-state index contributed by atoms with van der Waals surface area (Å²) in [6.07, 6.45) is 10.8. The van der Waals surface area contributed by atoms with Crippen LogP contribution in [0.25, 0.3) is 0 Å². The van der Waals surface area contributed by atoms with Gasteiger partial charge in [-0.25, -0.2) is 0 Å². The van der Waals surface area contributed by atoms with E-state index >= 15 is 0 Å². The van der Waals surface area contributed by atoms with Crippen molar-refractivity contribution in [2.75, 3.05) is 0 Å². The minimum atomic E-state index is -2.46. The number of hydrogen-bond acceptors (Lipinski definition) is 2. The van der Waals surface area contributed by atoms with Crippen molar-refractivity contribution < 1.29 is 9.05 Å². The van der Waals surface area contributed by atoms with E-state index in [4.69, 9.17) is 15.3 Å². The number of aryl methyl sites for hydroxylation is 2. The molecule has 1 saturated carbocycles. The van der Waals surface area contributed by atoms with E-state index in [1.165, 1.54) is 41.5 Å². The highest BCUT2D eigenvalue weighted by molar-refractivity contribution is 7.65. The summed E-state index contributed by atoms with van der Waals surface area (Å²) in [6, 6.07) is 13.0. The van der Waals surface area contributed by atoms with Crippen molar-refractivity contribution >= 4 is 13.6 Å². The van der Waals surface area contributed by atoms with Crippen molar-refractivity contribution in [1.29, 1.82) is 0 Å². The molecule has 2 aromatic rings. The van der Waals surface area contributed by atoms with Crippen molar-refractivity contribution in [1.82, 2.24) is 0 Å². The van der Waals surface area contributed by atoms with E-state index in [-0.39, 0.29) is 10.8 Å². The minimum Gasteiger partial charge on any atom is -0.443 e. The summed E-state index contributed by atoms with van der Waals surface area (Å²) in [5.41, 5.74) is 5.29. The predicted molar refractivity (Wildman–Crippen MR) is 142 cm³/mol. The third kappa shape index (κ3) is 5.82. The van der Waals surface area contributed by atoms with Crippen molar-refractivity contribution in [3.63, 3.8) is 0 Å². The zero-order valence-corrected chi connectivity index (χ0v) is 22.4. The fraction of sp³-hybridized carbons (Fsp3) is 0.552. The maximum Gasteiger partial charge on any atom is 0.218 e. The maximum atomic E-state index is 6.93. The van der Waals surface area contributed by atoms with Crippen LogP contribution in [-0.2, 0) is 10.8 Å². The summed E-state index contributed by atoms with van der Waals surface area (Å²) in [4.78, 5) is 0. The lowest BCUT2D eigenvalue weighted by atomic mass is 9.85. The van der Waals surface area contributed by atoms with Gasteiger partial charge in [0.05, 0.1) is 0 Å². The van der Waals surface area contributed by atoms with Gasteiger partial charge in [0.2, 0.25) is 7.34 Å². The molecule has 0 aromatic heterocycles. The molecule has 0 bridgehead atoms. The number of rotatable bonds is 5. The monoisotopic (exact) mass is 454 g/mol. The Bertz CT molecular complexity index is 916. The first kappa shape index (κ1) is 25.0. The van der Waals surface area contributed by atoms with Crippen LogP contribution in [0.5, 0.6) is 11.5 Å². The largest absolute Gasteiger partial charge is 0.443 e. The SMILES string of the molecule is C=P(Oc1ccc(C)cc1C(C)(C)C)(Oc1ccc(C)cc1C(C)(C)C)C1CCCCC1. The van der Waals surface area contributed by atoms with Crippen LogP contribution in [0, 0.1) is 13.8 Å². The molecule has 0 saturated heterocycles. The minimum absolute atomic E-state index is 0.0147. The van der Waals surface area contributed by atoms with E-state index in [1.807, 2.05) is 0 Å². The average molecular weight is 455 g/mol. The van der Waals surface area contributed by atoms with Gasteiger partial charge in [-0.3, -0.25) is 0 Å². The van der Waals surface area contributed by atoms with Crippen LogP contribution < -0.4 is 9.05 Å². The smallest absolute Gasteiger partial charge is 0.218 e. The first-order chi connectivity index (χ1) is 14.8. The third-order valence-corrected chi connectivity index (χ3v) is 9.16. The molecular formula is C29H43O2P. The Hall–Kier alpha value is -1.66. The van der Waals surface area contributed by atoms with Gasteiger partial charge in [-0.15, -0.1) is 0 Å². The molecule has 2 aromatic carbocycles. The molecule has 32 heavy (non-hydrogen) atoms.